The van der Waals surface area contributed by atoms with Crippen LogP contribution in [0.1, 0.15) is 19.8 Å². The number of fused-ring (bicyclic) bond motifs is 1. The first kappa shape index (κ1) is 23.8. The fourth-order valence-electron chi connectivity index (χ4n) is 3.68. The molecule has 1 aliphatic rings. The van der Waals surface area contributed by atoms with Crippen LogP contribution in [0.5, 0.6) is 5.75 Å². The number of piperidine rings is 1. The lowest BCUT2D eigenvalue weighted by molar-refractivity contribution is -0.121. The summed E-state index contributed by atoms with van der Waals surface area (Å²) in [6.07, 6.45) is 1.80. The van der Waals surface area contributed by atoms with E-state index in [1.165, 1.54) is 46.8 Å². The molecule has 13 heteroatoms. The largest absolute Gasteiger partial charge is 0.435 e. The van der Waals surface area contributed by atoms with E-state index in [0.717, 1.165) is 17.7 Å². The zero-order valence-corrected chi connectivity index (χ0v) is 19.0. The van der Waals surface area contributed by atoms with Crippen molar-refractivity contribution in [3.63, 3.8) is 0 Å². The van der Waals surface area contributed by atoms with Crippen LogP contribution in [0.25, 0.3) is 11.0 Å². The van der Waals surface area contributed by atoms with Crippen molar-refractivity contribution in [1.82, 2.24) is 19.5 Å². The predicted octanol–water partition coefficient (Wildman–Crippen LogP) is 2.52. The molecule has 4 rings (SSSR count). The Morgan fingerprint density at radius 3 is 2.71 bits per heavy atom. The van der Waals surface area contributed by atoms with Crippen LogP contribution in [0.2, 0.25) is 0 Å². The van der Waals surface area contributed by atoms with Crippen LogP contribution < -0.4 is 14.9 Å². The number of aromatic nitrogens is 3. The van der Waals surface area contributed by atoms with Crippen LogP contribution in [-0.4, -0.2) is 60.1 Å². The van der Waals surface area contributed by atoms with Gasteiger partial charge >= 0.3 is 6.61 Å². The number of hydrogen-bond acceptors (Lipinski definition) is 7. The van der Waals surface area contributed by atoms with Crippen LogP contribution in [0.4, 0.5) is 14.5 Å². The Bertz CT molecular complexity index is 1270. The van der Waals surface area contributed by atoms with Crippen molar-refractivity contribution >= 4 is 32.7 Å². The molecule has 0 aliphatic carbocycles. The summed E-state index contributed by atoms with van der Waals surface area (Å²) in [7, 11) is -3.69. The van der Waals surface area contributed by atoms with E-state index in [0.29, 0.717) is 29.8 Å². The quantitative estimate of drug-likeness (QED) is 0.511. The Kier molecular flexibility index (Phi) is 6.93. The number of anilines is 1. The Morgan fingerprint density at radius 2 is 2.00 bits per heavy atom. The highest BCUT2D eigenvalue weighted by Gasteiger charge is 2.29. The van der Waals surface area contributed by atoms with Gasteiger partial charge in [0.1, 0.15) is 16.8 Å². The van der Waals surface area contributed by atoms with E-state index in [4.69, 9.17) is 4.84 Å². The molecule has 1 fully saturated rings. The number of nitrogens with zero attached hydrogens (tertiary/aromatic N) is 4. The van der Waals surface area contributed by atoms with Crippen LogP contribution in [0, 0.1) is 5.92 Å². The Morgan fingerprint density at radius 1 is 1.24 bits per heavy atom. The summed E-state index contributed by atoms with van der Waals surface area (Å²) in [6, 6.07) is 9.81. The first-order valence-electron chi connectivity index (χ1n) is 10.6. The smallest absolute Gasteiger partial charge is 0.387 e. The van der Waals surface area contributed by atoms with Crippen LogP contribution in [0.15, 0.2) is 47.4 Å². The molecule has 0 spiro atoms. The second kappa shape index (κ2) is 9.89. The lowest BCUT2D eigenvalue weighted by Crippen LogP contribution is -2.39. The van der Waals surface area contributed by atoms with Crippen molar-refractivity contribution in [1.29, 1.82) is 0 Å². The molecular weight excluding hydrogens is 472 g/mol. The van der Waals surface area contributed by atoms with E-state index >= 15 is 0 Å². The van der Waals surface area contributed by atoms with E-state index in [2.05, 4.69) is 20.4 Å². The average molecular weight is 496 g/mol. The molecule has 1 aliphatic heterocycles. The molecular formula is C21H23F2N5O5S. The zero-order valence-electron chi connectivity index (χ0n) is 18.2. The molecule has 182 valence electrons. The Balaban J connectivity index is 1.43. The number of nitrogens with one attached hydrogen (secondary N) is 1. The molecule has 1 unspecified atom stereocenters. The molecule has 3 aromatic rings. The second-order valence-corrected chi connectivity index (χ2v) is 9.89. The first-order valence-corrected chi connectivity index (χ1v) is 12.0. The van der Waals surface area contributed by atoms with Crippen LogP contribution in [-0.2, 0) is 14.8 Å². The van der Waals surface area contributed by atoms with Crippen LogP contribution in [0.3, 0.4) is 0 Å². The molecule has 1 N–H and O–H groups in total. The van der Waals surface area contributed by atoms with Crippen molar-refractivity contribution in [2.24, 2.45) is 5.92 Å². The standard InChI is InChI=1S/C21H23F2N5O5S/c1-14-3-2-10-27(12-14)34(30,31)17-8-9-18-19(11-17)28(26-25-18)32-13-20(29)24-15-4-6-16(7-5-15)33-21(22)23/h4-9,11,14,21H,2-3,10,12-13H2,1H3,(H,24,29). The van der Waals surface area contributed by atoms with E-state index < -0.39 is 29.1 Å². The minimum atomic E-state index is -3.69. The number of benzene rings is 2. The molecule has 0 radical (unpaired) electrons. The number of rotatable bonds is 8. The number of sulfonamides is 1. The van der Waals surface area contributed by atoms with Gasteiger partial charge in [-0.2, -0.15) is 13.1 Å². The number of alkyl halides is 2. The summed E-state index contributed by atoms with van der Waals surface area (Å²) in [6.45, 7) is -0.439. The van der Waals surface area contributed by atoms with Gasteiger partial charge < -0.3 is 14.9 Å². The highest BCUT2D eigenvalue weighted by atomic mass is 32.2. The minimum absolute atomic E-state index is 0.0388. The van der Waals surface area contributed by atoms with E-state index in [1.807, 2.05) is 6.92 Å². The van der Waals surface area contributed by atoms with Crippen molar-refractivity contribution in [3.05, 3.63) is 42.5 Å². The van der Waals surface area contributed by atoms with Gasteiger partial charge in [-0.25, -0.2) is 8.42 Å². The highest BCUT2D eigenvalue weighted by molar-refractivity contribution is 7.89. The maximum Gasteiger partial charge on any atom is 0.387 e. The molecule has 2 aromatic carbocycles. The first-order chi connectivity index (χ1) is 16.2. The summed E-state index contributed by atoms with van der Waals surface area (Å²) < 4.78 is 56.3. The fourth-order valence-corrected chi connectivity index (χ4v) is 5.30. The van der Waals surface area contributed by atoms with Crippen LogP contribution >= 0.6 is 0 Å². The van der Waals surface area contributed by atoms with Gasteiger partial charge in [-0.1, -0.05) is 11.8 Å². The summed E-state index contributed by atoms with van der Waals surface area (Å²) in [5.74, 6) is -0.297. The van der Waals surface area contributed by atoms with Gasteiger partial charge in [0.2, 0.25) is 10.0 Å². The third-order valence-electron chi connectivity index (χ3n) is 5.33. The molecule has 1 aromatic heterocycles. The lowest BCUT2D eigenvalue weighted by atomic mass is 10.0. The fraction of sp³-hybridized carbons (Fsp3) is 0.381. The lowest BCUT2D eigenvalue weighted by Gasteiger charge is -2.30. The molecule has 1 atom stereocenters. The number of ether oxygens (including phenoxy) is 1. The number of halogens is 2. The van der Waals surface area contributed by atoms with Gasteiger partial charge in [0.05, 0.1) is 4.90 Å². The van der Waals surface area contributed by atoms with Crippen molar-refractivity contribution < 1.29 is 31.6 Å². The normalized spacial score (nSPS) is 17.1. The Labute approximate surface area is 194 Å². The number of carbonyl (C=O) groups is 1. The summed E-state index contributed by atoms with van der Waals surface area (Å²) >= 11 is 0. The number of amides is 1. The summed E-state index contributed by atoms with van der Waals surface area (Å²) in [5, 5.41) is 10.3. The monoisotopic (exact) mass is 495 g/mol. The highest BCUT2D eigenvalue weighted by Crippen LogP contribution is 2.25. The maximum absolute atomic E-state index is 13.1. The predicted molar refractivity (Wildman–Crippen MR) is 118 cm³/mol. The van der Waals surface area contributed by atoms with Crippen molar-refractivity contribution in [2.75, 3.05) is 25.0 Å². The Hall–Kier alpha value is -3.32. The molecule has 1 saturated heterocycles. The molecule has 34 heavy (non-hydrogen) atoms. The molecule has 2 heterocycles. The van der Waals surface area contributed by atoms with Gasteiger partial charge in [0.25, 0.3) is 5.91 Å². The third kappa shape index (κ3) is 5.42. The molecule has 0 bridgehead atoms. The number of hydrogen-bond donors (Lipinski definition) is 1. The summed E-state index contributed by atoms with van der Waals surface area (Å²) in [5.41, 5.74) is 1.05. The van der Waals surface area contributed by atoms with Crippen molar-refractivity contribution in [2.45, 2.75) is 31.3 Å². The third-order valence-corrected chi connectivity index (χ3v) is 7.19. The average Bonchev–Trinajstić information content (AvgIpc) is 3.21. The second-order valence-electron chi connectivity index (χ2n) is 7.95. The van der Waals surface area contributed by atoms with Gasteiger partial charge in [-0.15, -0.1) is 5.10 Å². The minimum Gasteiger partial charge on any atom is -0.435 e. The van der Waals surface area contributed by atoms with E-state index in [1.54, 1.807) is 0 Å². The van der Waals surface area contributed by atoms with Gasteiger partial charge in [0, 0.05) is 18.8 Å². The van der Waals surface area contributed by atoms with E-state index in [9.17, 15) is 22.0 Å². The molecule has 10 nitrogen and oxygen atoms in total. The zero-order chi connectivity index (χ0) is 24.3. The SMILES string of the molecule is CC1CCCN(S(=O)(=O)c2ccc3nnn(OCC(=O)Nc4ccc(OC(F)F)cc4)c3c2)C1. The molecule has 1 amide bonds. The van der Waals surface area contributed by atoms with Gasteiger partial charge in [-0.3, -0.25) is 4.79 Å². The van der Waals surface area contributed by atoms with Crippen molar-refractivity contribution in [3.8, 4) is 5.75 Å². The number of carbonyl (C=O) groups excluding carboxylic acids is 1. The molecule has 0 saturated carbocycles. The maximum atomic E-state index is 13.1. The summed E-state index contributed by atoms with van der Waals surface area (Å²) in [4.78, 5) is 18.7. The van der Waals surface area contributed by atoms with Gasteiger partial charge in [0.15, 0.2) is 6.61 Å². The van der Waals surface area contributed by atoms with Gasteiger partial charge in [-0.05, 0) is 66.4 Å². The topological polar surface area (TPSA) is 116 Å². The van der Waals surface area contributed by atoms with E-state index in [-0.39, 0.29) is 16.6 Å².